The summed E-state index contributed by atoms with van der Waals surface area (Å²) in [6, 6.07) is 0. The zero-order valence-corrected chi connectivity index (χ0v) is 10.6. The molecule has 2 heterocycles. The lowest BCUT2D eigenvalue weighted by Crippen LogP contribution is -2.34. The molecule has 0 aliphatic carbocycles. The van der Waals surface area contributed by atoms with Crippen LogP contribution in [0.25, 0.3) is 0 Å². The largest absolute Gasteiger partial charge is 0.377 e. The summed E-state index contributed by atoms with van der Waals surface area (Å²) in [5.41, 5.74) is 0. The number of nitrogens with zero attached hydrogens (tertiary/aromatic N) is 1. The topological polar surface area (TPSA) is 24.5 Å². The van der Waals surface area contributed by atoms with Crippen LogP contribution in [0.4, 0.5) is 0 Å². The van der Waals surface area contributed by atoms with Crippen molar-refractivity contribution < 1.29 is 4.74 Å². The van der Waals surface area contributed by atoms with Crippen LogP contribution in [0.3, 0.4) is 0 Å². The zero-order chi connectivity index (χ0) is 11.2. The second-order valence-corrected chi connectivity index (χ2v) is 5.40. The van der Waals surface area contributed by atoms with E-state index in [1.165, 1.54) is 51.7 Å². The van der Waals surface area contributed by atoms with Gasteiger partial charge in [-0.15, -0.1) is 0 Å². The molecule has 0 spiro atoms. The summed E-state index contributed by atoms with van der Waals surface area (Å²) in [5.74, 6) is 0.912. The maximum Gasteiger partial charge on any atom is 0.0701 e. The summed E-state index contributed by atoms with van der Waals surface area (Å²) < 4.78 is 5.77. The van der Waals surface area contributed by atoms with Crippen molar-refractivity contribution in [1.82, 2.24) is 10.2 Å². The molecule has 3 nitrogen and oxygen atoms in total. The fourth-order valence-corrected chi connectivity index (χ4v) is 2.75. The molecule has 0 aromatic rings. The zero-order valence-electron chi connectivity index (χ0n) is 10.6. The first-order valence-corrected chi connectivity index (χ1v) is 6.85. The monoisotopic (exact) mass is 226 g/mol. The number of rotatable bonds is 5. The van der Waals surface area contributed by atoms with Crippen LogP contribution in [0.1, 0.15) is 32.1 Å². The average Bonchev–Trinajstić information content (AvgIpc) is 2.81. The summed E-state index contributed by atoms with van der Waals surface area (Å²) in [4.78, 5) is 2.45. The van der Waals surface area contributed by atoms with Crippen molar-refractivity contribution in [2.45, 2.75) is 38.2 Å². The third-order valence-electron chi connectivity index (χ3n) is 3.87. The molecule has 0 aromatic carbocycles. The van der Waals surface area contributed by atoms with E-state index in [4.69, 9.17) is 4.74 Å². The molecule has 0 aromatic heterocycles. The van der Waals surface area contributed by atoms with Crippen LogP contribution in [-0.4, -0.2) is 50.8 Å². The summed E-state index contributed by atoms with van der Waals surface area (Å²) >= 11 is 0. The molecule has 2 rings (SSSR count). The molecule has 2 aliphatic rings. The maximum atomic E-state index is 5.77. The fraction of sp³-hybridized carbons (Fsp3) is 1.00. The van der Waals surface area contributed by atoms with E-state index in [1.54, 1.807) is 0 Å². The third-order valence-corrected chi connectivity index (χ3v) is 3.87. The molecule has 94 valence electrons. The van der Waals surface area contributed by atoms with Gasteiger partial charge in [0.25, 0.3) is 0 Å². The highest BCUT2D eigenvalue weighted by atomic mass is 16.5. The van der Waals surface area contributed by atoms with Crippen LogP contribution in [0, 0.1) is 5.92 Å². The molecule has 1 N–H and O–H groups in total. The number of hydrogen-bond donors (Lipinski definition) is 1. The third kappa shape index (κ3) is 4.04. The Hall–Kier alpha value is -0.120. The van der Waals surface area contributed by atoms with E-state index in [1.807, 2.05) is 0 Å². The van der Waals surface area contributed by atoms with E-state index in [2.05, 4.69) is 17.3 Å². The van der Waals surface area contributed by atoms with Gasteiger partial charge in [-0.05, 0) is 64.7 Å². The molecule has 2 aliphatic heterocycles. The van der Waals surface area contributed by atoms with E-state index in [0.29, 0.717) is 6.10 Å². The van der Waals surface area contributed by atoms with Crippen molar-refractivity contribution in [3.8, 4) is 0 Å². The molecule has 2 fully saturated rings. The summed E-state index contributed by atoms with van der Waals surface area (Å²) in [5, 5.41) is 3.43. The minimum absolute atomic E-state index is 0.500. The van der Waals surface area contributed by atoms with Crippen LogP contribution >= 0.6 is 0 Å². The normalized spacial score (nSPS) is 31.1. The smallest absolute Gasteiger partial charge is 0.0701 e. The summed E-state index contributed by atoms with van der Waals surface area (Å²) in [6.07, 6.45) is 7.08. The molecule has 2 saturated heterocycles. The van der Waals surface area contributed by atoms with E-state index in [9.17, 15) is 0 Å². The van der Waals surface area contributed by atoms with Gasteiger partial charge in [0.15, 0.2) is 0 Å². The van der Waals surface area contributed by atoms with Crippen LogP contribution in [-0.2, 0) is 4.74 Å². The Morgan fingerprint density at radius 3 is 2.94 bits per heavy atom. The first kappa shape index (κ1) is 12.3. The van der Waals surface area contributed by atoms with Gasteiger partial charge in [0.05, 0.1) is 6.10 Å². The highest BCUT2D eigenvalue weighted by Gasteiger charge is 2.18. The molecule has 3 heteroatoms. The van der Waals surface area contributed by atoms with Crippen LogP contribution in [0.15, 0.2) is 0 Å². The van der Waals surface area contributed by atoms with Gasteiger partial charge in [0, 0.05) is 13.2 Å². The molecular formula is C13H26N2O. The average molecular weight is 226 g/mol. The molecular weight excluding hydrogens is 200 g/mol. The Morgan fingerprint density at radius 2 is 2.25 bits per heavy atom. The minimum Gasteiger partial charge on any atom is -0.377 e. The Morgan fingerprint density at radius 1 is 1.31 bits per heavy atom. The highest BCUT2D eigenvalue weighted by molar-refractivity contribution is 4.73. The van der Waals surface area contributed by atoms with Gasteiger partial charge in [-0.1, -0.05) is 0 Å². The van der Waals surface area contributed by atoms with Crippen LogP contribution in [0.2, 0.25) is 0 Å². The van der Waals surface area contributed by atoms with Crippen molar-refractivity contribution in [2.75, 3.05) is 39.8 Å². The van der Waals surface area contributed by atoms with Crippen molar-refractivity contribution in [3.05, 3.63) is 0 Å². The second-order valence-electron chi connectivity index (χ2n) is 5.40. The molecule has 0 bridgehead atoms. The van der Waals surface area contributed by atoms with Crippen molar-refractivity contribution in [2.24, 2.45) is 5.92 Å². The lowest BCUT2D eigenvalue weighted by molar-refractivity contribution is -0.00198. The van der Waals surface area contributed by atoms with Gasteiger partial charge in [-0.2, -0.15) is 0 Å². The Labute approximate surface area is 99.5 Å². The van der Waals surface area contributed by atoms with E-state index >= 15 is 0 Å². The Kier molecular flexibility index (Phi) is 5.07. The van der Waals surface area contributed by atoms with Crippen LogP contribution < -0.4 is 5.32 Å². The standard InChI is InChI=1S/C13H26N2O/c1-15(8-6-12-5-7-14-10-12)11-13-4-2-3-9-16-13/h12-14H,2-11H2,1H3. The van der Waals surface area contributed by atoms with Crippen LogP contribution in [0.5, 0.6) is 0 Å². The maximum absolute atomic E-state index is 5.77. The fourth-order valence-electron chi connectivity index (χ4n) is 2.75. The Balaban J connectivity index is 1.57. The lowest BCUT2D eigenvalue weighted by atomic mass is 10.0. The van der Waals surface area contributed by atoms with E-state index < -0.39 is 0 Å². The summed E-state index contributed by atoms with van der Waals surface area (Å²) in [6.45, 7) is 5.78. The number of ether oxygens (including phenoxy) is 1. The SMILES string of the molecule is CN(CCC1CCNC1)CC1CCCCO1. The number of nitrogens with one attached hydrogen (secondary N) is 1. The Bertz CT molecular complexity index is 186. The summed E-state index contributed by atoms with van der Waals surface area (Å²) in [7, 11) is 2.24. The quantitative estimate of drug-likeness (QED) is 0.768. The highest BCUT2D eigenvalue weighted by Crippen LogP contribution is 2.15. The number of likely N-dealkylation sites (N-methyl/N-ethyl adjacent to an activating group) is 1. The van der Waals surface area contributed by atoms with Crippen molar-refractivity contribution in [1.29, 1.82) is 0 Å². The molecule has 2 atom stereocenters. The van der Waals surface area contributed by atoms with Gasteiger partial charge in [0.2, 0.25) is 0 Å². The van der Waals surface area contributed by atoms with E-state index in [0.717, 1.165) is 19.1 Å². The first-order valence-electron chi connectivity index (χ1n) is 6.85. The lowest BCUT2D eigenvalue weighted by Gasteiger charge is -2.27. The van der Waals surface area contributed by atoms with Gasteiger partial charge in [-0.25, -0.2) is 0 Å². The van der Waals surface area contributed by atoms with Crippen molar-refractivity contribution >= 4 is 0 Å². The molecule has 2 unspecified atom stereocenters. The number of hydrogen-bond acceptors (Lipinski definition) is 3. The van der Waals surface area contributed by atoms with Gasteiger partial charge in [-0.3, -0.25) is 0 Å². The first-order chi connectivity index (χ1) is 7.84. The molecule has 16 heavy (non-hydrogen) atoms. The van der Waals surface area contributed by atoms with Gasteiger partial charge in [0.1, 0.15) is 0 Å². The van der Waals surface area contributed by atoms with Crippen molar-refractivity contribution in [3.63, 3.8) is 0 Å². The minimum atomic E-state index is 0.500. The molecule has 0 saturated carbocycles. The predicted molar refractivity (Wildman–Crippen MR) is 66.7 cm³/mol. The predicted octanol–water partition coefficient (Wildman–Crippen LogP) is 1.49. The van der Waals surface area contributed by atoms with Gasteiger partial charge < -0.3 is 15.0 Å². The van der Waals surface area contributed by atoms with Gasteiger partial charge >= 0.3 is 0 Å². The molecule has 0 radical (unpaired) electrons. The second kappa shape index (κ2) is 6.58. The van der Waals surface area contributed by atoms with E-state index in [-0.39, 0.29) is 0 Å². The molecule has 0 amide bonds.